The van der Waals surface area contributed by atoms with E-state index in [1.165, 1.54) is 96.3 Å². The third-order valence-electron chi connectivity index (χ3n) is 4.96. The Labute approximate surface area is 164 Å². The Hall–Kier alpha value is -0.790. The smallest absolute Gasteiger partial charge is 0.333 e. The van der Waals surface area contributed by atoms with E-state index in [0.717, 1.165) is 12.8 Å². The average Bonchev–Trinajstić information content (AvgIpc) is 2.60. The summed E-state index contributed by atoms with van der Waals surface area (Å²) >= 11 is 0. The lowest BCUT2D eigenvalue weighted by Gasteiger charge is -2.09. The summed E-state index contributed by atoms with van der Waals surface area (Å²) in [5, 5.41) is 0. The van der Waals surface area contributed by atoms with E-state index in [0.29, 0.717) is 5.57 Å². The maximum absolute atomic E-state index is 11.6. The van der Waals surface area contributed by atoms with E-state index in [1.807, 2.05) is 13.8 Å². The van der Waals surface area contributed by atoms with Gasteiger partial charge in [-0.3, -0.25) is 0 Å². The molecule has 0 bridgehead atoms. The minimum atomic E-state index is -0.221. The van der Waals surface area contributed by atoms with E-state index in [9.17, 15) is 4.79 Å². The zero-order chi connectivity index (χ0) is 19.5. The summed E-state index contributed by atoms with van der Waals surface area (Å²) < 4.78 is 5.15. The van der Waals surface area contributed by atoms with Gasteiger partial charge in [0.2, 0.25) is 0 Å². The molecule has 0 heterocycles. The zero-order valence-electron chi connectivity index (χ0n) is 18.1. The van der Waals surface area contributed by atoms with Crippen molar-refractivity contribution in [3.05, 3.63) is 12.2 Å². The average molecular weight is 367 g/mol. The maximum Gasteiger partial charge on any atom is 0.333 e. The monoisotopic (exact) mass is 366 g/mol. The van der Waals surface area contributed by atoms with E-state index in [-0.39, 0.29) is 12.1 Å². The lowest BCUT2D eigenvalue weighted by Crippen LogP contribution is -2.13. The Morgan fingerprint density at radius 1 is 0.692 bits per heavy atom. The van der Waals surface area contributed by atoms with Crippen molar-refractivity contribution < 1.29 is 9.53 Å². The number of hydrogen-bond donors (Lipinski definition) is 0. The van der Waals surface area contributed by atoms with Crippen LogP contribution in [0, 0.1) is 0 Å². The minimum absolute atomic E-state index is 0.0509. The first-order valence-electron chi connectivity index (χ1n) is 11.5. The fourth-order valence-electron chi connectivity index (χ4n) is 3.29. The van der Waals surface area contributed by atoms with Crippen LogP contribution in [0.4, 0.5) is 0 Å². The van der Waals surface area contributed by atoms with Gasteiger partial charge in [0, 0.05) is 5.57 Å². The molecule has 0 rings (SSSR count). The normalized spacial score (nSPS) is 11.1. The van der Waals surface area contributed by atoms with Crippen LogP contribution in [0.3, 0.4) is 0 Å². The molecule has 0 saturated heterocycles. The first-order chi connectivity index (χ1) is 12.6. The number of carbonyl (C=O) groups excluding carboxylic acids is 1. The van der Waals surface area contributed by atoms with E-state index in [4.69, 9.17) is 4.74 Å². The minimum Gasteiger partial charge on any atom is -0.460 e. The third kappa shape index (κ3) is 18.0. The highest BCUT2D eigenvalue weighted by Gasteiger charge is 2.09. The molecule has 0 N–H and O–H groups in total. The predicted molar refractivity (Wildman–Crippen MR) is 115 cm³/mol. The number of ether oxygens (including phenoxy) is 1. The predicted octanol–water partition coefficient (Wildman–Crippen LogP) is 8.15. The second-order valence-electron chi connectivity index (χ2n) is 8.11. The molecule has 0 aromatic heterocycles. The molecule has 0 amide bonds. The molecule has 26 heavy (non-hydrogen) atoms. The molecule has 0 saturated carbocycles. The summed E-state index contributed by atoms with van der Waals surface area (Å²) in [5.74, 6) is -0.221. The molecule has 0 unspecified atom stereocenters. The van der Waals surface area contributed by atoms with E-state index in [2.05, 4.69) is 13.5 Å². The topological polar surface area (TPSA) is 26.3 Å². The second-order valence-corrected chi connectivity index (χ2v) is 8.11. The maximum atomic E-state index is 11.6. The molecule has 0 aliphatic carbocycles. The molecule has 0 spiro atoms. The lowest BCUT2D eigenvalue weighted by atomic mass is 10.0. The SMILES string of the molecule is C=C(CCCCCCCCCCCCCCCCCC)C(=O)OC(C)C. The number of esters is 1. The summed E-state index contributed by atoms with van der Waals surface area (Å²) in [6.07, 6.45) is 22.6. The van der Waals surface area contributed by atoms with Gasteiger partial charge in [0.25, 0.3) is 0 Å². The van der Waals surface area contributed by atoms with Crippen molar-refractivity contribution in [3.63, 3.8) is 0 Å². The van der Waals surface area contributed by atoms with Crippen LogP contribution < -0.4 is 0 Å². The van der Waals surface area contributed by atoms with Crippen LogP contribution in [0.2, 0.25) is 0 Å². The quantitative estimate of drug-likeness (QED) is 0.131. The number of rotatable bonds is 19. The van der Waals surface area contributed by atoms with Gasteiger partial charge in [0.15, 0.2) is 0 Å². The van der Waals surface area contributed by atoms with Crippen LogP contribution >= 0.6 is 0 Å². The largest absolute Gasteiger partial charge is 0.460 e. The van der Waals surface area contributed by atoms with Crippen molar-refractivity contribution in [3.8, 4) is 0 Å². The van der Waals surface area contributed by atoms with Crippen LogP contribution in [0.25, 0.3) is 0 Å². The Bertz CT molecular complexity index is 333. The molecule has 154 valence electrons. The highest BCUT2D eigenvalue weighted by Crippen LogP contribution is 2.15. The van der Waals surface area contributed by atoms with Gasteiger partial charge < -0.3 is 4.74 Å². The Balaban J connectivity index is 3.20. The summed E-state index contributed by atoms with van der Waals surface area (Å²) in [6, 6.07) is 0. The van der Waals surface area contributed by atoms with Crippen molar-refractivity contribution >= 4 is 5.97 Å². The molecule has 2 heteroatoms. The summed E-state index contributed by atoms with van der Waals surface area (Å²) in [7, 11) is 0. The molecule has 0 aliphatic heterocycles. The van der Waals surface area contributed by atoms with Gasteiger partial charge >= 0.3 is 5.97 Å². The van der Waals surface area contributed by atoms with Gasteiger partial charge in [-0.25, -0.2) is 4.79 Å². The van der Waals surface area contributed by atoms with Crippen LogP contribution in [-0.2, 0) is 9.53 Å². The van der Waals surface area contributed by atoms with Gasteiger partial charge in [-0.1, -0.05) is 110 Å². The standard InChI is InChI=1S/C24H46O2/c1-5-6-7-8-9-10-11-12-13-14-15-16-17-18-19-20-21-23(4)24(25)26-22(2)3/h22H,4-21H2,1-3H3. The summed E-state index contributed by atoms with van der Waals surface area (Å²) in [6.45, 7) is 9.87. The number of unbranched alkanes of at least 4 members (excludes halogenated alkanes) is 15. The highest BCUT2D eigenvalue weighted by molar-refractivity contribution is 5.87. The molecule has 0 aromatic rings. The summed E-state index contributed by atoms with van der Waals surface area (Å²) in [5.41, 5.74) is 0.629. The van der Waals surface area contributed by atoms with Crippen LogP contribution in [0.15, 0.2) is 12.2 Å². The molecule has 0 atom stereocenters. The fourth-order valence-corrected chi connectivity index (χ4v) is 3.29. The lowest BCUT2D eigenvalue weighted by molar-refractivity contribution is -0.142. The molecule has 0 fully saturated rings. The second kappa shape index (κ2) is 19.0. The Morgan fingerprint density at radius 3 is 1.38 bits per heavy atom. The van der Waals surface area contributed by atoms with E-state index in [1.54, 1.807) is 0 Å². The molecular formula is C24H46O2. The molecule has 0 radical (unpaired) electrons. The van der Waals surface area contributed by atoms with E-state index >= 15 is 0 Å². The summed E-state index contributed by atoms with van der Waals surface area (Å²) in [4.78, 5) is 11.6. The first kappa shape index (κ1) is 25.2. The van der Waals surface area contributed by atoms with Crippen molar-refractivity contribution in [1.82, 2.24) is 0 Å². The Morgan fingerprint density at radius 2 is 1.04 bits per heavy atom. The van der Waals surface area contributed by atoms with Crippen LogP contribution in [-0.4, -0.2) is 12.1 Å². The van der Waals surface area contributed by atoms with Gasteiger partial charge in [-0.05, 0) is 26.7 Å². The van der Waals surface area contributed by atoms with Gasteiger partial charge in [-0.2, -0.15) is 0 Å². The van der Waals surface area contributed by atoms with Crippen molar-refractivity contribution in [2.24, 2.45) is 0 Å². The fraction of sp³-hybridized carbons (Fsp3) is 0.875. The van der Waals surface area contributed by atoms with Gasteiger partial charge in [-0.15, -0.1) is 0 Å². The van der Waals surface area contributed by atoms with Crippen LogP contribution in [0.1, 0.15) is 130 Å². The molecular weight excluding hydrogens is 320 g/mol. The Kier molecular flexibility index (Phi) is 18.4. The zero-order valence-corrected chi connectivity index (χ0v) is 18.1. The highest BCUT2D eigenvalue weighted by atomic mass is 16.5. The van der Waals surface area contributed by atoms with Gasteiger partial charge in [0.05, 0.1) is 6.10 Å². The van der Waals surface area contributed by atoms with Crippen molar-refractivity contribution in [1.29, 1.82) is 0 Å². The third-order valence-corrected chi connectivity index (χ3v) is 4.96. The number of carbonyl (C=O) groups is 1. The van der Waals surface area contributed by atoms with Crippen LogP contribution in [0.5, 0.6) is 0 Å². The molecule has 2 nitrogen and oxygen atoms in total. The van der Waals surface area contributed by atoms with E-state index < -0.39 is 0 Å². The van der Waals surface area contributed by atoms with Gasteiger partial charge in [0.1, 0.15) is 0 Å². The molecule has 0 aromatic carbocycles. The first-order valence-corrected chi connectivity index (χ1v) is 11.5. The number of hydrogen-bond acceptors (Lipinski definition) is 2. The van der Waals surface area contributed by atoms with Crippen molar-refractivity contribution in [2.75, 3.05) is 0 Å². The molecule has 0 aliphatic rings. The van der Waals surface area contributed by atoms with Crippen molar-refractivity contribution in [2.45, 2.75) is 136 Å².